The predicted octanol–water partition coefficient (Wildman–Crippen LogP) is 15.1. The van der Waals surface area contributed by atoms with Gasteiger partial charge >= 0.3 is 0 Å². The van der Waals surface area contributed by atoms with Crippen molar-refractivity contribution in [1.29, 1.82) is 0 Å². The van der Waals surface area contributed by atoms with E-state index in [-0.39, 0.29) is 0 Å². The van der Waals surface area contributed by atoms with E-state index in [9.17, 15) is 0 Å². The van der Waals surface area contributed by atoms with Gasteiger partial charge in [0, 0.05) is 54.3 Å². The van der Waals surface area contributed by atoms with Crippen molar-refractivity contribution in [2.75, 3.05) is 4.90 Å². The molecule has 0 aliphatic rings. The summed E-state index contributed by atoms with van der Waals surface area (Å²) in [5.74, 6) is 0. The van der Waals surface area contributed by atoms with Gasteiger partial charge in [-0.3, -0.25) is 0 Å². The summed E-state index contributed by atoms with van der Waals surface area (Å²) in [6.45, 7) is 0. The van der Waals surface area contributed by atoms with E-state index < -0.39 is 0 Å². The zero-order valence-corrected chi connectivity index (χ0v) is 31.8. The topological polar surface area (TPSA) is 55.3 Å². The molecule has 0 aliphatic carbocycles. The van der Waals surface area contributed by atoms with Gasteiger partial charge in [0.2, 0.25) is 0 Å². The standard InChI is InChI=1S/C52H31N3O2S/c1-4-10-45-40(7-1)42-27-19-35(29-47(42)56-45)32-13-21-37(22-14-32)55(38-23-15-33(16-24-38)36-20-28-43-41-8-2-5-11-46(41)57-48(43)30-36)39-25-17-34(18-26-39)50-52-51(54-31-53-50)44-9-3-6-12-49(44)58-52/h1-31H. The van der Waals surface area contributed by atoms with Crippen molar-refractivity contribution in [3.8, 4) is 33.5 Å². The molecular formula is C52H31N3O2S. The maximum atomic E-state index is 6.23. The van der Waals surface area contributed by atoms with Crippen LogP contribution in [0, 0.1) is 0 Å². The van der Waals surface area contributed by atoms with Gasteiger partial charge in [-0.05, 0) is 101 Å². The SMILES string of the molecule is c1ccc2c(c1)oc1cc(-c3ccc(N(c4ccc(-c5ccc6c(c5)oc5ccccc56)cc4)c4ccc(-c5ncnc6c5sc5ccccc56)cc4)cc3)ccc12. The maximum Gasteiger partial charge on any atom is 0.136 e. The van der Waals surface area contributed by atoms with Crippen LogP contribution in [0.1, 0.15) is 0 Å². The van der Waals surface area contributed by atoms with Crippen LogP contribution >= 0.6 is 11.3 Å². The van der Waals surface area contributed by atoms with E-state index in [1.165, 1.54) is 4.70 Å². The van der Waals surface area contributed by atoms with E-state index in [4.69, 9.17) is 13.8 Å². The third kappa shape index (κ3) is 5.30. The number of aromatic nitrogens is 2. The highest BCUT2D eigenvalue weighted by atomic mass is 32.1. The van der Waals surface area contributed by atoms with E-state index >= 15 is 0 Å². The van der Waals surface area contributed by atoms with Gasteiger partial charge in [-0.15, -0.1) is 11.3 Å². The van der Waals surface area contributed by atoms with Gasteiger partial charge in [-0.1, -0.05) is 103 Å². The highest BCUT2D eigenvalue weighted by molar-refractivity contribution is 7.26. The first-order valence-corrected chi connectivity index (χ1v) is 20.1. The van der Waals surface area contributed by atoms with E-state index in [2.05, 4.69) is 168 Å². The molecule has 0 atom stereocenters. The van der Waals surface area contributed by atoms with Gasteiger partial charge in [-0.2, -0.15) is 0 Å². The second kappa shape index (κ2) is 13.0. The fourth-order valence-electron chi connectivity index (χ4n) is 8.36. The minimum Gasteiger partial charge on any atom is -0.456 e. The first-order chi connectivity index (χ1) is 28.7. The van der Waals surface area contributed by atoms with E-state index in [0.29, 0.717) is 0 Å². The number of furan rings is 2. The monoisotopic (exact) mass is 761 g/mol. The highest BCUT2D eigenvalue weighted by Crippen LogP contribution is 2.41. The van der Waals surface area contributed by atoms with E-state index in [1.807, 2.05) is 24.3 Å². The van der Waals surface area contributed by atoms with E-state index in [0.717, 1.165) is 110 Å². The Morgan fingerprint density at radius 1 is 0.379 bits per heavy atom. The molecule has 58 heavy (non-hydrogen) atoms. The molecule has 4 aromatic heterocycles. The molecule has 0 saturated carbocycles. The van der Waals surface area contributed by atoms with Crippen LogP contribution in [0.3, 0.4) is 0 Å². The summed E-state index contributed by atoms with van der Waals surface area (Å²) in [6.07, 6.45) is 1.68. The second-order valence-corrected chi connectivity index (χ2v) is 15.6. The fourth-order valence-corrected chi connectivity index (χ4v) is 9.53. The Morgan fingerprint density at radius 3 is 1.38 bits per heavy atom. The van der Waals surface area contributed by atoms with Crippen LogP contribution in [-0.2, 0) is 0 Å². The summed E-state index contributed by atoms with van der Waals surface area (Å²) in [7, 11) is 0. The molecule has 12 rings (SSSR count). The van der Waals surface area contributed by atoms with Crippen LogP contribution in [0.4, 0.5) is 17.1 Å². The van der Waals surface area contributed by atoms with Gasteiger partial charge in [0.1, 0.15) is 28.7 Å². The molecule has 0 fully saturated rings. The normalized spacial score (nSPS) is 11.8. The van der Waals surface area contributed by atoms with Crippen molar-refractivity contribution in [3.63, 3.8) is 0 Å². The molecule has 272 valence electrons. The molecule has 5 nitrogen and oxygen atoms in total. The first-order valence-electron chi connectivity index (χ1n) is 19.3. The van der Waals surface area contributed by atoms with Gasteiger partial charge in [0.25, 0.3) is 0 Å². The van der Waals surface area contributed by atoms with Crippen LogP contribution in [-0.4, -0.2) is 9.97 Å². The molecule has 0 N–H and O–H groups in total. The van der Waals surface area contributed by atoms with Gasteiger partial charge in [0.15, 0.2) is 0 Å². The van der Waals surface area contributed by atoms with E-state index in [1.54, 1.807) is 17.7 Å². The maximum absolute atomic E-state index is 6.23. The molecule has 8 aromatic carbocycles. The highest BCUT2D eigenvalue weighted by Gasteiger charge is 2.17. The summed E-state index contributed by atoms with van der Waals surface area (Å²) in [6, 6.07) is 64.0. The molecule has 0 amide bonds. The van der Waals surface area contributed by atoms with Crippen molar-refractivity contribution in [2.24, 2.45) is 0 Å². The average Bonchev–Trinajstić information content (AvgIpc) is 3.98. The van der Waals surface area contributed by atoms with Crippen molar-refractivity contribution in [1.82, 2.24) is 9.97 Å². The minimum atomic E-state index is 0.890. The molecule has 12 aromatic rings. The Kier molecular flexibility index (Phi) is 7.33. The second-order valence-electron chi connectivity index (χ2n) is 14.6. The molecule has 0 aliphatic heterocycles. The third-order valence-electron chi connectivity index (χ3n) is 11.2. The molecular weight excluding hydrogens is 731 g/mol. The Morgan fingerprint density at radius 2 is 0.828 bits per heavy atom. The number of fused-ring (bicyclic) bond motifs is 9. The number of para-hydroxylation sites is 2. The van der Waals surface area contributed by atoms with Crippen LogP contribution in [0.5, 0.6) is 0 Å². The number of benzene rings is 8. The summed E-state index contributed by atoms with van der Waals surface area (Å²) >= 11 is 1.74. The molecule has 0 radical (unpaired) electrons. The molecule has 4 heterocycles. The third-order valence-corrected chi connectivity index (χ3v) is 12.4. The lowest BCUT2D eigenvalue weighted by molar-refractivity contribution is 0.668. The van der Waals surface area contributed by atoms with Crippen molar-refractivity contribution < 1.29 is 8.83 Å². The smallest absolute Gasteiger partial charge is 0.136 e. The molecule has 0 spiro atoms. The minimum absolute atomic E-state index is 0.890. The van der Waals surface area contributed by atoms with Crippen molar-refractivity contribution >= 4 is 92.6 Å². The quantitative estimate of drug-likeness (QED) is 0.169. The Hall–Kier alpha value is -7.54. The summed E-state index contributed by atoms with van der Waals surface area (Å²) in [4.78, 5) is 11.7. The van der Waals surface area contributed by atoms with Crippen LogP contribution in [0.25, 0.3) is 97.7 Å². The molecule has 0 unspecified atom stereocenters. The number of rotatable bonds is 6. The Bertz CT molecular complexity index is 3350. The first kappa shape index (κ1) is 32.7. The number of nitrogens with zero attached hydrogens (tertiary/aromatic N) is 3. The van der Waals surface area contributed by atoms with Crippen LogP contribution in [0.15, 0.2) is 197 Å². The number of anilines is 3. The van der Waals surface area contributed by atoms with Crippen molar-refractivity contribution in [3.05, 3.63) is 188 Å². The van der Waals surface area contributed by atoms with Crippen molar-refractivity contribution in [2.45, 2.75) is 0 Å². The predicted molar refractivity (Wildman–Crippen MR) is 240 cm³/mol. The zero-order valence-electron chi connectivity index (χ0n) is 31.0. The largest absolute Gasteiger partial charge is 0.456 e. The number of hydrogen-bond donors (Lipinski definition) is 0. The Balaban J connectivity index is 0.926. The summed E-state index contributed by atoms with van der Waals surface area (Å²) < 4.78 is 14.8. The van der Waals surface area contributed by atoms with Gasteiger partial charge < -0.3 is 13.7 Å². The lowest BCUT2D eigenvalue weighted by Crippen LogP contribution is -2.09. The number of hydrogen-bond acceptors (Lipinski definition) is 6. The van der Waals surface area contributed by atoms with Gasteiger partial charge in [-0.25, -0.2) is 9.97 Å². The zero-order chi connectivity index (χ0) is 38.2. The molecule has 0 bridgehead atoms. The Labute approximate surface area is 336 Å². The summed E-state index contributed by atoms with van der Waals surface area (Å²) in [5, 5.41) is 5.68. The van der Waals surface area contributed by atoms with Crippen LogP contribution < -0.4 is 4.90 Å². The molecule has 0 saturated heterocycles. The van der Waals surface area contributed by atoms with Gasteiger partial charge in [0.05, 0.1) is 15.9 Å². The number of thiophene rings is 1. The fraction of sp³-hybridized carbons (Fsp3) is 0. The van der Waals surface area contributed by atoms with Crippen LogP contribution in [0.2, 0.25) is 0 Å². The molecule has 6 heteroatoms. The average molecular weight is 762 g/mol. The lowest BCUT2D eigenvalue weighted by atomic mass is 10.0. The summed E-state index contributed by atoms with van der Waals surface area (Å²) in [5.41, 5.74) is 14.2. The lowest BCUT2D eigenvalue weighted by Gasteiger charge is -2.26.